The van der Waals surface area contributed by atoms with Gasteiger partial charge in [-0.25, -0.2) is 5.43 Å². The molecule has 20 heavy (non-hydrogen) atoms. The van der Waals surface area contributed by atoms with Gasteiger partial charge < -0.3 is 4.74 Å². The van der Waals surface area contributed by atoms with Crippen molar-refractivity contribution in [3.8, 4) is 5.75 Å². The SMILES string of the molecule is CCOc1ccccc1C(NN)c1cc(Cl)ccc1C. The van der Waals surface area contributed by atoms with Crippen molar-refractivity contribution in [2.24, 2.45) is 5.84 Å². The van der Waals surface area contributed by atoms with Gasteiger partial charge in [-0.3, -0.25) is 5.84 Å². The third kappa shape index (κ3) is 3.12. The third-order valence-electron chi connectivity index (χ3n) is 3.25. The normalized spacial score (nSPS) is 12.2. The zero-order valence-corrected chi connectivity index (χ0v) is 12.4. The quantitative estimate of drug-likeness (QED) is 0.653. The lowest BCUT2D eigenvalue weighted by Gasteiger charge is -2.22. The van der Waals surface area contributed by atoms with Gasteiger partial charge in [0.15, 0.2) is 0 Å². The van der Waals surface area contributed by atoms with Crippen molar-refractivity contribution < 1.29 is 4.74 Å². The molecule has 4 heteroatoms. The molecule has 2 rings (SSSR count). The van der Waals surface area contributed by atoms with Gasteiger partial charge >= 0.3 is 0 Å². The van der Waals surface area contributed by atoms with Crippen molar-refractivity contribution in [2.75, 3.05) is 6.61 Å². The molecule has 3 nitrogen and oxygen atoms in total. The van der Waals surface area contributed by atoms with E-state index in [1.165, 1.54) is 0 Å². The Morgan fingerprint density at radius 1 is 1.20 bits per heavy atom. The molecule has 0 heterocycles. The number of rotatable bonds is 5. The second-order valence-electron chi connectivity index (χ2n) is 4.57. The minimum absolute atomic E-state index is 0.156. The molecule has 0 saturated carbocycles. The van der Waals surface area contributed by atoms with Gasteiger partial charge in [0.05, 0.1) is 12.6 Å². The molecule has 0 aliphatic rings. The lowest BCUT2D eigenvalue weighted by molar-refractivity contribution is 0.333. The largest absolute Gasteiger partial charge is 0.494 e. The smallest absolute Gasteiger partial charge is 0.124 e. The summed E-state index contributed by atoms with van der Waals surface area (Å²) >= 11 is 6.11. The Morgan fingerprint density at radius 3 is 2.65 bits per heavy atom. The topological polar surface area (TPSA) is 47.3 Å². The first-order valence-corrected chi connectivity index (χ1v) is 6.99. The van der Waals surface area contributed by atoms with E-state index in [0.717, 1.165) is 22.4 Å². The molecule has 0 amide bonds. The molecule has 1 unspecified atom stereocenters. The number of nitrogens with two attached hydrogens (primary N) is 1. The lowest BCUT2D eigenvalue weighted by Crippen LogP contribution is -2.29. The Morgan fingerprint density at radius 2 is 1.95 bits per heavy atom. The first-order chi connectivity index (χ1) is 9.67. The molecule has 0 bridgehead atoms. The number of benzene rings is 2. The second kappa shape index (κ2) is 6.75. The lowest BCUT2D eigenvalue weighted by atomic mass is 9.95. The summed E-state index contributed by atoms with van der Waals surface area (Å²) in [5.41, 5.74) is 6.04. The molecule has 106 valence electrons. The van der Waals surface area contributed by atoms with Gasteiger partial charge in [0, 0.05) is 10.6 Å². The summed E-state index contributed by atoms with van der Waals surface area (Å²) in [4.78, 5) is 0. The van der Waals surface area contributed by atoms with Crippen LogP contribution in [0.2, 0.25) is 5.02 Å². The zero-order valence-electron chi connectivity index (χ0n) is 11.7. The van der Waals surface area contributed by atoms with Crippen LogP contribution in [0.5, 0.6) is 5.75 Å². The van der Waals surface area contributed by atoms with E-state index in [1.54, 1.807) is 0 Å². The monoisotopic (exact) mass is 290 g/mol. The number of hydrazine groups is 1. The van der Waals surface area contributed by atoms with Crippen LogP contribution < -0.4 is 16.0 Å². The maximum atomic E-state index is 6.11. The molecule has 0 spiro atoms. The summed E-state index contributed by atoms with van der Waals surface area (Å²) in [5.74, 6) is 6.60. The number of para-hydroxylation sites is 1. The highest BCUT2D eigenvalue weighted by Gasteiger charge is 2.18. The second-order valence-corrected chi connectivity index (χ2v) is 5.01. The summed E-state index contributed by atoms with van der Waals surface area (Å²) in [6.07, 6.45) is 0. The van der Waals surface area contributed by atoms with E-state index in [2.05, 4.69) is 5.43 Å². The predicted octanol–water partition coefficient (Wildman–Crippen LogP) is 3.60. The molecule has 3 N–H and O–H groups in total. The fraction of sp³-hybridized carbons (Fsp3) is 0.250. The minimum Gasteiger partial charge on any atom is -0.494 e. The first-order valence-electron chi connectivity index (χ1n) is 6.61. The van der Waals surface area contributed by atoms with E-state index in [1.807, 2.05) is 56.3 Å². The van der Waals surface area contributed by atoms with Gasteiger partial charge in [-0.2, -0.15) is 0 Å². The number of hydrogen-bond donors (Lipinski definition) is 2. The Bertz CT molecular complexity index is 586. The highest BCUT2D eigenvalue weighted by molar-refractivity contribution is 6.30. The molecule has 0 aromatic heterocycles. The Kier molecular flexibility index (Phi) is 5.01. The van der Waals surface area contributed by atoms with E-state index < -0.39 is 0 Å². The number of nitrogens with one attached hydrogen (secondary N) is 1. The predicted molar refractivity (Wildman–Crippen MR) is 83.0 cm³/mol. The number of aryl methyl sites for hydroxylation is 1. The molecule has 0 radical (unpaired) electrons. The molecule has 0 aliphatic heterocycles. The van der Waals surface area contributed by atoms with E-state index in [0.29, 0.717) is 11.6 Å². The zero-order chi connectivity index (χ0) is 14.5. The summed E-state index contributed by atoms with van der Waals surface area (Å²) in [5, 5.41) is 0.694. The molecular weight excluding hydrogens is 272 g/mol. The number of halogens is 1. The summed E-state index contributed by atoms with van der Waals surface area (Å²) in [7, 11) is 0. The van der Waals surface area contributed by atoms with E-state index in [9.17, 15) is 0 Å². The Hall–Kier alpha value is -1.55. The first kappa shape index (κ1) is 14.9. The molecule has 0 aliphatic carbocycles. The molecule has 2 aromatic carbocycles. The van der Waals surface area contributed by atoms with Crippen molar-refractivity contribution in [1.82, 2.24) is 5.43 Å². The van der Waals surface area contributed by atoms with Gasteiger partial charge in [-0.15, -0.1) is 0 Å². The maximum absolute atomic E-state index is 6.11. The van der Waals surface area contributed by atoms with Gasteiger partial charge in [0.25, 0.3) is 0 Å². The minimum atomic E-state index is -0.156. The van der Waals surface area contributed by atoms with E-state index in [-0.39, 0.29) is 6.04 Å². The Balaban J connectivity index is 2.49. The Labute approximate surface area is 124 Å². The number of hydrogen-bond acceptors (Lipinski definition) is 3. The highest BCUT2D eigenvalue weighted by Crippen LogP contribution is 2.32. The van der Waals surface area contributed by atoms with Crippen LogP contribution in [0, 0.1) is 6.92 Å². The van der Waals surface area contributed by atoms with E-state index in [4.69, 9.17) is 22.2 Å². The average Bonchev–Trinajstić information content (AvgIpc) is 2.45. The van der Waals surface area contributed by atoms with Crippen LogP contribution in [-0.2, 0) is 0 Å². The van der Waals surface area contributed by atoms with E-state index >= 15 is 0 Å². The van der Waals surface area contributed by atoms with Crippen LogP contribution in [0.15, 0.2) is 42.5 Å². The van der Waals surface area contributed by atoms with Gasteiger partial charge in [-0.1, -0.05) is 35.9 Å². The van der Waals surface area contributed by atoms with Crippen LogP contribution in [0.3, 0.4) is 0 Å². The molecule has 0 fully saturated rings. The van der Waals surface area contributed by atoms with Crippen LogP contribution in [-0.4, -0.2) is 6.61 Å². The average molecular weight is 291 g/mol. The van der Waals surface area contributed by atoms with Crippen LogP contribution in [0.25, 0.3) is 0 Å². The highest BCUT2D eigenvalue weighted by atomic mass is 35.5. The van der Waals surface area contributed by atoms with Gasteiger partial charge in [0.1, 0.15) is 5.75 Å². The van der Waals surface area contributed by atoms with Crippen LogP contribution in [0.1, 0.15) is 29.7 Å². The van der Waals surface area contributed by atoms with Crippen molar-refractivity contribution in [3.05, 3.63) is 64.2 Å². The molecule has 0 saturated heterocycles. The molecule has 1 atom stereocenters. The van der Waals surface area contributed by atoms with Gasteiger partial charge in [-0.05, 0) is 43.2 Å². The summed E-state index contributed by atoms with van der Waals surface area (Å²) in [6.45, 7) is 4.62. The van der Waals surface area contributed by atoms with Crippen molar-refractivity contribution in [2.45, 2.75) is 19.9 Å². The fourth-order valence-corrected chi connectivity index (χ4v) is 2.46. The van der Waals surface area contributed by atoms with Crippen molar-refractivity contribution >= 4 is 11.6 Å². The molecular formula is C16H19ClN2O. The maximum Gasteiger partial charge on any atom is 0.124 e. The van der Waals surface area contributed by atoms with Gasteiger partial charge in [0.2, 0.25) is 0 Å². The summed E-state index contributed by atoms with van der Waals surface area (Å²) < 4.78 is 5.68. The fourth-order valence-electron chi connectivity index (χ4n) is 2.28. The number of ether oxygens (including phenoxy) is 1. The van der Waals surface area contributed by atoms with Crippen LogP contribution >= 0.6 is 11.6 Å². The van der Waals surface area contributed by atoms with Crippen molar-refractivity contribution in [1.29, 1.82) is 0 Å². The third-order valence-corrected chi connectivity index (χ3v) is 3.48. The standard InChI is InChI=1S/C16H19ClN2O/c1-3-20-15-7-5-4-6-13(15)16(19-18)14-10-12(17)9-8-11(14)2/h4-10,16,19H,3,18H2,1-2H3. The molecule has 2 aromatic rings. The summed E-state index contributed by atoms with van der Waals surface area (Å²) in [6, 6.07) is 13.5. The van der Waals surface area contributed by atoms with Crippen molar-refractivity contribution in [3.63, 3.8) is 0 Å². The van der Waals surface area contributed by atoms with Crippen LogP contribution in [0.4, 0.5) is 0 Å².